The molecule has 0 aliphatic rings. The summed E-state index contributed by atoms with van der Waals surface area (Å²) < 4.78 is 68.0. The van der Waals surface area contributed by atoms with Gasteiger partial charge in [0, 0.05) is 17.1 Å². The summed E-state index contributed by atoms with van der Waals surface area (Å²) in [6.07, 6.45) is -5.28. The van der Waals surface area contributed by atoms with Crippen LogP contribution >= 0.6 is 15.9 Å². The van der Waals surface area contributed by atoms with Gasteiger partial charge in [0.05, 0.1) is 28.8 Å². The molecule has 7 nitrogen and oxygen atoms in total. The summed E-state index contributed by atoms with van der Waals surface area (Å²) in [5.74, 6) is -0.0134. The highest BCUT2D eigenvalue weighted by Gasteiger charge is 2.33. The van der Waals surface area contributed by atoms with E-state index in [2.05, 4.69) is 20.7 Å². The van der Waals surface area contributed by atoms with Gasteiger partial charge in [-0.2, -0.15) is 0 Å². The van der Waals surface area contributed by atoms with Gasteiger partial charge >= 0.3 is 12.3 Å². The van der Waals surface area contributed by atoms with Crippen molar-refractivity contribution in [3.8, 4) is 34.4 Å². The molecule has 0 radical (unpaired) electrons. The van der Waals surface area contributed by atoms with Crippen LogP contribution in [0, 0.1) is 0 Å². The van der Waals surface area contributed by atoms with Crippen LogP contribution in [0.25, 0.3) is 16.6 Å². The number of alkyl halides is 3. The number of halogens is 4. The fourth-order valence-electron chi connectivity index (χ4n) is 4.13. The van der Waals surface area contributed by atoms with E-state index >= 15 is 0 Å². The molecule has 0 bridgehead atoms. The number of ether oxygens (including phenoxy) is 5. The predicted octanol–water partition coefficient (Wildman–Crippen LogP) is 8.84. The lowest BCUT2D eigenvalue weighted by atomic mass is 10.2. The first kappa shape index (κ1) is 30.1. The number of benzene rings is 3. The molecule has 4 aromatic rings. The van der Waals surface area contributed by atoms with Crippen molar-refractivity contribution < 1.29 is 41.7 Å². The topological polar surface area (TPSA) is 68.2 Å². The van der Waals surface area contributed by atoms with E-state index in [1.165, 1.54) is 12.1 Å². The third-order valence-electron chi connectivity index (χ3n) is 5.55. The number of esters is 1. The van der Waals surface area contributed by atoms with Gasteiger partial charge in [-0.15, -0.1) is 13.2 Å². The smallest absolute Gasteiger partial charge is 0.491 e. The first-order valence-corrected chi connectivity index (χ1v) is 13.7. The highest BCUT2D eigenvalue weighted by atomic mass is 79.9. The minimum Gasteiger partial charge on any atom is -0.491 e. The summed E-state index contributed by atoms with van der Waals surface area (Å²) >= 11 is 3.55. The van der Waals surface area contributed by atoms with E-state index in [4.69, 9.17) is 18.9 Å². The molecule has 1 heterocycles. The maximum atomic E-state index is 13.0. The molecule has 0 spiro atoms. The molecule has 0 N–H and O–H groups in total. The number of nitrogens with zero attached hydrogens (tertiary/aromatic N) is 1. The molecule has 0 fully saturated rings. The van der Waals surface area contributed by atoms with Gasteiger partial charge in [-0.25, -0.2) is 4.79 Å². The van der Waals surface area contributed by atoms with Gasteiger partial charge < -0.3 is 28.3 Å². The van der Waals surface area contributed by atoms with Gasteiger partial charge in [-0.1, -0.05) is 0 Å². The van der Waals surface area contributed by atoms with E-state index in [1.807, 2.05) is 38.1 Å². The normalized spacial score (nSPS) is 11.7. The highest BCUT2D eigenvalue weighted by molar-refractivity contribution is 9.10. The molecular formula is C30H29BrF3NO6. The minimum absolute atomic E-state index is 0.00551. The Balaban J connectivity index is 1.75. The lowest BCUT2D eigenvalue weighted by Crippen LogP contribution is -2.18. The van der Waals surface area contributed by atoms with Crippen molar-refractivity contribution in [2.24, 2.45) is 0 Å². The molecular weight excluding hydrogens is 607 g/mol. The molecule has 218 valence electrons. The molecule has 11 heteroatoms. The quantitative estimate of drug-likeness (QED) is 0.162. The van der Waals surface area contributed by atoms with Gasteiger partial charge in [-0.3, -0.25) is 0 Å². The number of carbonyl (C=O) groups excluding carboxylic acids is 1. The Kier molecular flexibility index (Phi) is 9.06. The molecule has 1 aromatic heterocycles. The van der Waals surface area contributed by atoms with E-state index in [9.17, 15) is 18.0 Å². The third-order valence-corrected chi connectivity index (χ3v) is 6.35. The van der Waals surface area contributed by atoms with E-state index < -0.39 is 18.1 Å². The van der Waals surface area contributed by atoms with Crippen molar-refractivity contribution in [2.45, 2.75) is 53.2 Å². The van der Waals surface area contributed by atoms with Crippen LogP contribution in [0.3, 0.4) is 0 Å². The SMILES string of the molecule is CCOC(=O)c1c(Br)c2cc(Oc3ccc(OC(C)C)c(OC(F)(F)F)c3)ccc2n1-c1ccc(OC(C)C)cc1. The van der Waals surface area contributed by atoms with Crippen LogP contribution in [-0.2, 0) is 4.74 Å². The first-order chi connectivity index (χ1) is 19.4. The van der Waals surface area contributed by atoms with Crippen LogP contribution in [0.5, 0.6) is 28.7 Å². The first-order valence-electron chi connectivity index (χ1n) is 12.9. The Morgan fingerprint density at radius 1 is 0.854 bits per heavy atom. The summed E-state index contributed by atoms with van der Waals surface area (Å²) in [6, 6.07) is 16.3. The summed E-state index contributed by atoms with van der Waals surface area (Å²) in [7, 11) is 0. The minimum atomic E-state index is -4.91. The van der Waals surface area contributed by atoms with Crippen molar-refractivity contribution >= 4 is 32.8 Å². The second-order valence-electron chi connectivity index (χ2n) is 9.48. The fourth-order valence-corrected chi connectivity index (χ4v) is 4.79. The summed E-state index contributed by atoms with van der Waals surface area (Å²) in [5, 5.41) is 0.625. The van der Waals surface area contributed by atoms with Gasteiger partial charge in [0.25, 0.3) is 0 Å². The van der Waals surface area contributed by atoms with Gasteiger partial charge in [0.15, 0.2) is 11.5 Å². The van der Waals surface area contributed by atoms with Crippen molar-refractivity contribution in [2.75, 3.05) is 6.61 Å². The van der Waals surface area contributed by atoms with E-state index in [1.54, 1.807) is 43.5 Å². The Bertz CT molecular complexity index is 1530. The zero-order valence-corrected chi connectivity index (χ0v) is 24.6. The van der Waals surface area contributed by atoms with Gasteiger partial charge in [-0.05, 0) is 105 Å². The second kappa shape index (κ2) is 12.3. The molecule has 41 heavy (non-hydrogen) atoms. The number of rotatable bonds is 10. The fraction of sp³-hybridized carbons (Fsp3) is 0.300. The van der Waals surface area contributed by atoms with Crippen molar-refractivity contribution in [1.82, 2.24) is 4.57 Å². The molecule has 0 amide bonds. The molecule has 0 saturated heterocycles. The molecule has 0 saturated carbocycles. The molecule has 0 aliphatic carbocycles. The van der Waals surface area contributed by atoms with Gasteiger partial charge in [0.2, 0.25) is 0 Å². The van der Waals surface area contributed by atoms with Crippen LogP contribution in [0.1, 0.15) is 45.1 Å². The van der Waals surface area contributed by atoms with Crippen molar-refractivity contribution in [1.29, 1.82) is 0 Å². The Morgan fingerprint density at radius 3 is 2.07 bits per heavy atom. The number of fused-ring (bicyclic) bond motifs is 1. The zero-order valence-electron chi connectivity index (χ0n) is 23.0. The predicted molar refractivity (Wildman–Crippen MR) is 152 cm³/mol. The third kappa shape index (κ3) is 7.27. The van der Waals surface area contributed by atoms with Gasteiger partial charge in [0.1, 0.15) is 22.9 Å². The Labute approximate surface area is 243 Å². The molecule has 3 aromatic carbocycles. The molecule has 4 rings (SSSR count). The average Bonchev–Trinajstić information content (AvgIpc) is 3.16. The lowest BCUT2D eigenvalue weighted by molar-refractivity contribution is -0.275. The Hall–Kier alpha value is -3.86. The standard InChI is InChI=1S/C30H29BrF3NO6/c1-6-37-29(36)28-27(31)23-15-21(11-13-24(23)35(28)19-7-9-20(10-8-19)38-17(2)3)40-22-12-14-25(39-18(4)5)26(16-22)41-30(32,33)34/h7-18H,6H2,1-5H3. The van der Waals surface area contributed by atoms with Crippen LogP contribution < -0.4 is 18.9 Å². The van der Waals surface area contributed by atoms with E-state index in [0.717, 1.165) is 6.07 Å². The van der Waals surface area contributed by atoms with Crippen LogP contribution in [0.4, 0.5) is 13.2 Å². The van der Waals surface area contributed by atoms with E-state index in [0.29, 0.717) is 32.6 Å². The summed E-state index contributed by atoms with van der Waals surface area (Å²) in [4.78, 5) is 13.0. The van der Waals surface area contributed by atoms with Crippen LogP contribution in [-0.4, -0.2) is 35.7 Å². The molecule has 0 atom stereocenters. The number of aromatic nitrogens is 1. The number of hydrogen-bond acceptors (Lipinski definition) is 6. The van der Waals surface area contributed by atoms with Crippen LogP contribution in [0.2, 0.25) is 0 Å². The maximum absolute atomic E-state index is 13.0. The largest absolute Gasteiger partial charge is 0.573 e. The number of hydrogen-bond donors (Lipinski definition) is 0. The van der Waals surface area contributed by atoms with E-state index in [-0.39, 0.29) is 36.0 Å². The molecule has 0 unspecified atom stereocenters. The average molecular weight is 636 g/mol. The highest BCUT2D eigenvalue weighted by Crippen LogP contribution is 2.40. The monoisotopic (exact) mass is 635 g/mol. The van der Waals surface area contributed by atoms with Crippen molar-refractivity contribution in [3.05, 3.63) is 70.8 Å². The lowest BCUT2D eigenvalue weighted by Gasteiger charge is -2.17. The summed E-state index contributed by atoms with van der Waals surface area (Å²) in [6.45, 7) is 9.15. The van der Waals surface area contributed by atoms with Crippen LogP contribution in [0.15, 0.2) is 65.1 Å². The summed E-state index contributed by atoms with van der Waals surface area (Å²) in [5.41, 5.74) is 1.64. The second-order valence-corrected chi connectivity index (χ2v) is 10.3. The number of carbonyl (C=O) groups is 1. The molecule has 0 aliphatic heterocycles. The van der Waals surface area contributed by atoms with Crippen molar-refractivity contribution in [3.63, 3.8) is 0 Å². The maximum Gasteiger partial charge on any atom is 0.573 e. The Morgan fingerprint density at radius 2 is 1.46 bits per heavy atom. The zero-order chi connectivity index (χ0) is 29.9.